The lowest BCUT2D eigenvalue weighted by Crippen LogP contribution is -2.14. The van der Waals surface area contributed by atoms with Gasteiger partial charge in [0.25, 0.3) is 5.91 Å². The number of hydrogen-bond acceptors (Lipinski definition) is 4. The summed E-state index contributed by atoms with van der Waals surface area (Å²) in [6.07, 6.45) is 0. The van der Waals surface area contributed by atoms with E-state index in [0.717, 1.165) is 28.1 Å². The third kappa shape index (κ3) is 2.55. The lowest BCUT2D eigenvalue weighted by Gasteiger charge is -2.07. The van der Waals surface area contributed by atoms with Crippen LogP contribution < -0.4 is 5.32 Å². The lowest BCUT2D eigenvalue weighted by atomic mass is 10.1. The molecule has 0 saturated heterocycles. The number of rotatable bonds is 2. The Balaban J connectivity index is 1.94. The second-order valence-corrected chi connectivity index (χ2v) is 5.35. The molecule has 0 fully saturated rings. The van der Waals surface area contributed by atoms with Crippen molar-refractivity contribution < 1.29 is 4.79 Å². The minimum absolute atomic E-state index is 0.190. The molecule has 3 aromatic rings. The maximum atomic E-state index is 12.4. The van der Waals surface area contributed by atoms with Crippen molar-refractivity contribution in [2.24, 2.45) is 7.05 Å². The van der Waals surface area contributed by atoms with Gasteiger partial charge >= 0.3 is 0 Å². The summed E-state index contributed by atoms with van der Waals surface area (Å²) in [4.78, 5) is 21.3. The number of aryl methyl sites for hydroxylation is 4. The third-order valence-electron chi connectivity index (χ3n) is 3.58. The van der Waals surface area contributed by atoms with Crippen LogP contribution in [0, 0.1) is 20.8 Å². The number of carbonyl (C=O) groups excluding carboxylic acids is 1. The molecule has 0 atom stereocenters. The molecule has 6 nitrogen and oxygen atoms in total. The Kier molecular flexibility index (Phi) is 3.36. The summed E-state index contributed by atoms with van der Waals surface area (Å²) in [5.74, 6) is 0.471. The van der Waals surface area contributed by atoms with E-state index in [1.165, 1.54) is 0 Å². The van der Waals surface area contributed by atoms with Gasteiger partial charge in [0, 0.05) is 18.7 Å². The predicted octanol–water partition coefficient (Wildman–Crippen LogP) is 2.54. The highest BCUT2D eigenvalue weighted by Gasteiger charge is 2.11. The average Bonchev–Trinajstić information content (AvgIpc) is 2.77. The van der Waals surface area contributed by atoms with Crippen LogP contribution in [0.1, 0.15) is 27.4 Å². The number of nitrogens with zero attached hydrogens (tertiary/aromatic N) is 4. The minimum atomic E-state index is -0.190. The molecule has 0 bridgehead atoms. The van der Waals surface area contributed by atoms with Gasteiger partial charge in [-0.05, 0) is 39.0 Å². The van der Waals surface area contributed by atoms with Crippen LogP contribution >= 0.6 is 0 Å². The van der Waals surface area contributed by atoms with Gasteiger partial charge in [-0.3, -0.25) is 9.48 Å². The Hall–Kier alpha value is -2.76. The van der Waals surface area contributed by atoms with Crippen molar-refractivity contribution in [3.8, 4) is 0 Å². The molecule has 1 amide bonds. The van der Waals surface area contributed by atoms with Gasteiger partial charge in [-0.1, -0.05) is 0 Å². The molecule has 112 valence electrons. The molecule has 0 aliphatic rings. The van der Waals surface area contributed by atoms with Gasteiger partial charge in [-0.25, -0.2) is 9.97 Å². The van der Waals surface area contributed by atoms with Crippen molar-refractivity contribution in [3.05, 3.63) is 46.9 Å². The van der Waals surface area contributed by atoms with Gasteiger partial charge in [0.15, 0.2) is 0 Å². The zero-order valence-corrected chi connectivity index (χ0v) is 13.0. The van der Waals surface area contributed by atoms with Crippen LogP contribution in [0.4, 0.5) is 5.82 Å². The summed E-state index contributed by atoms with van der Waals surface area (Å²) < 4.78 is 1.64. The van der Waals surface area contributed by atoms with E-state index < -0.39 is 0 Å². The number of carbonyl (C=O) groups is 1. The molecular weight excluding hydrogens is 278 g/mol. The average molecular weight is 295 g/mol. The fraction of sp³-hybridized carbons (Fsp3) is 0.250. The Labute approximate surface area is 128 Å². The number of benzene rings is 1. The number of aromatic nitrogens is 4. The Morgan fingerprint density at radius 3 is 2.36 bits per heavy atom. The molecule has 22 heavy (non-hydrogen) atoms. The second-order valence-electron chi connectivity index (χ2n) is 5.35. The van der Waals surface area contributed by atoms with Gasteiger partial charge in [-0.15, -0.1) is 0 Å². The van der Waals surface area contributed by atoms with Crippen LogP contribution in [0.15, 0.2) is 24.3 Å². The first-order chi connectivity index (χ1) is 10.4. The van der Waals surface area contributed by atoms with E-state index >= 15 is 0 Å². The molecule has 2 aromatic heterocycles. The number of amides is 1. The molecule has 0 spiro atoms. The lowest BCUT2D eigenvalue weighted by molar-refractivity contribution is 0.102. The molecule has 0 saturated carbocycles. The SMILES string of the molecule is Cc1cc(NC(=O)c2ccc3nc(C)c(C)nc3c2)n(C)n1. The van der Waals surface area contributed by atoms with Crippen LogP contribution in [0.5, 0.6) is 0 Å². The number of anilines is 1. The zero-order chi connectivity index (χ0) is 15.9. The predicted molar refractivity (Wildman–Crippen MR) is 84.9 cm³/mol. The Bertz CT molecular complexity index is 882. The summed E-state index contributed by atoms with van der Waals surface area (Å²) >= 11 is 0. The van der Waals surface area contributed by atoms with Gasteiger partial charge < -0.3 is 5.32 Å². The van der Waals surface area contributed by atoms with E-state index in [1.807, 2.05) is 32.9 Å². The summed E-state index contributed by atoms with van der Waals surface area (Å²) in [7, 11) is 1.79. The quantitative estimate of drug-likeness (QED) is 0.788. The van der Waals surface area contributed by atoms with Crippen molar-refractivity contribution in [3.63, 3.8) is 0 Å². The fourth-order valence-corrected chi connectivity index (χ4v) is 2.29. The van der Waals surface area contributed by atoms with E-state index in [-0.39, 0.29) is 5.91 Å². The largest absolute Gasteiger partial charge is 0.307 e. The maximum absolute atomic E-state index is 12.4. The number of fused-ring (bicyclic) bond motifs is 1. The van der Waals surface area contributed by atoms with Crippen molar-refractivity contribution in [1.29, 1.82) is 0 Å². The molecule has 0 aliphatic heterocycles. The normalized spacial score (nSPS) is 10.9. The molecule has 1 aromatic carbocycles. The van der Waals surface area contributed by atoms with Gasteiger partial charge in [0.05, 0.1) is 28.1 Å². The maximum Gasteiger partial charge on any atom is 0.256 e. The summed E-state index contributed by atoms with van der Waals surface area (Å²) in [6, 6.07) is 7.15. The van der Waals surface area contributed by atoms with Gasteiger partial charge in [0.2, 0.25) is 0 Å². The first-order valence-corrected chi connectivity index (χ1v) is 7.01. The third-order valence-corrected chi connectivity index (χ3v) is 3.58. The van der Waals surface area contributed by atoms with Gasteiger partial charge in [-0.2, -0.15) is 5.10 Å². The molecule has 2 heterocycles. The van der Waals surface area contributed by atoms with Crippen molar-refractivity contribution >= 4 is 22.8 Å². The highest BCUT2D eigenvalue weighted by atomic mass is 16.1. The van der Waals surface area contributed by atoms with Crippen molar-refractivity contribution in [2.75, 3.05) is 5.32 Å². The standard InChI is InChI=1S/C16H17N5O/c1-9-7-15(21(4)20-9)19-16(22)12-5-6-13-14(8-12)18-11(3)10(2)17-13/h5-8H,1-4H3,(H,19,22). The van der Waals surface area contributed by atoms with Crippen LogP contribution in [0.25, 0.3) is 11.0 Å². The first-order valence-electron chi connectivity index (χ1n) is 7.01. The van der Waals surface area contributed by atoms with E-state index in [4.69, 9.17) is 0 Å². The van der Waals surface area contributed by atoms with Crippen LogP contribution in [0.3, 0.4) is 0 Å². The number of nitrogens with one attached hydrogen (secondary N) is 1. The first kappa shape index (κ1) is 14.2. The fourth-order valence-electron chi connectivity index (χ4n) is 2.29. The highest BCUT2D eigenvalue weighted by molar-refractivity contribution is 6.05. The van der Waals surface area contributed by atoms with E-state index in [1.54, 1.807) is 23.9 Å². The smallest absolute Gasteiger partial charge is 0.256 e. The second kappa shape index (κ2) is 5.22. The molecule has 0 radical (unpaired) electrons. The highest BCUT2D eigenvalue weighted by Crippen LogP contribution is 2.16. The van der Waals surface area contributed by atoms with E-state index in [2.05, 4.69) is 20.4 Å². The van der Waals surface area contributed by atoms with E-state index in [9.17, 15) is 4.79 Å². The molecule has 0 aliphatic carbocycles. The van der Waals surface area contributed by atoms with E-state index in [0.29, 0.717) is 11.4 Å². The van der Waals surface area contributed by atoms with Crippen molar-refractivity contribution in [1.82, 2.24) is 19.7 Å². The molecule has 0 unspecified atom stereocenters. The van der Waals surface area contributed by atoms with Crippen LogP contribution in [0.2, 0.25) is 0 Å². The Morgan fingerprint density at radius 1 is 1.05 bits per heavy atom. The molecular formula is C16H17N5O. The minimum Gasteiger partial charge on any atom is -0.307 e. The van der Waals surface area contributed by atoms with Crippen molar-refractivity contribution in [2.45, 2.75) is 20.8 Å². The number of hydrogen-bond donors (Lipinski definition) is 1. The zero-order valence-electron chi connectivity index (χ0n) is 13.0. The molecule has 1 N–H and O–H groups in total. The summed E-state index contributed by atoms with van der Waals surface area (Å²) in [5.41, 5.74) is 4.67. The summed E-state index contributed by atoms with van der Waals surface area (Å²) in [6.45, 7) is 5.71. The van der Waals surface area contributed by atoms with Crippen LogP contribution in [-0.2, 0) is 7.05 Å². The topological polar surface area (TPSA) is 72.7 Å². The molecule has 3 rings (SSSR count). The Morgan fingerprint density at radius 2 is 1.73 bits per heavy atom. The summed E-state index contributed by atoms with van der Waals surface area (Å²) in [5, 5.41) is 7.06. The van der Waals surface area contributed by atoms with Crippen LogP contribution in [-0.4, -0.2) is 25.7 Å². The molecule has 6 heteroatoms. The van der Waals surface area contributed by atoms with Gasteiger partial charge in [0.1, 0.15) is 5.82 Å². The monoisotopic (exact) mass is 295 g/mol.